The molecule has 2 aromatic carbocycles. The first-order chi connectivity index (χ1) is 11.7. The zero-order valence-corrected chi connectivity index (χ0v) is 13.4. The Balaban J connectivity index is 2.06. The van der Waals surface area contributed by atoms with Crippen molar-refractivity contribution in [1.29, 1.82) is 0 Å². The number of aromatic nitrogens is 1. The van der Waals surface area contributed by atoms with Crippen LogP contribution < -0.4 is 4.90 Å². The van der Waals surface area contributed by atoms with Crippen LogP contribution in [0.2, 0.25) is 0 Å². The number of amides is 1. The van der Waals surface area contributed by atoms with Gasteiger partial charge in [-0.1, -0.05) is 36.4 Å². The SMILES string of the molecule is O=C(Cl)c1ccc(N(C(=O)c2ccccc2)c2ccccc2)cn1. The molecule has 0 aliphatic carbocycles. The van der Waals surface area contributed by atoms with Gasteiger partial charge >= 0.3 is 0 Å². The van der Waals surface area contributed by atoms with Crippen LogP contribution in [0, 0.1) is 0 Å². The molecule has 0 atom stereocenters. The molecule has 1 amide bonds. The van der Waals surface area contributed by atoms with Crippen molar-refractivity contribution in [2.75, 3.05) is 4.90 Å². The van der Waals surface area contributed by atoms with Gasteiger partial charge in [0.25, 0.3) is 11.1 Å². The summed E-state index contributed by atoms with van der Waals surface area (Å²) in [5.41, 5.74) is 1.95. The summed E-state index contributed by atoms with van der Waals surface area (Å²) in [6.07, 6.45) is 1.46. The smallest absolute Gasteiger partial charge is 0.270 e. The van der Waals surface area contributed by atoms with Crippen LogP contribution in [0.25, 0.3) is 0 Å². The van der Waals surface area contributed by atoms with E-state index >= 15 is 0 Å². The number of pyridine rings is 1. The molecule has 0 aliphatic rings. The fourth-order valence-electron chi connectivity index (χ4n) is 2.31. The second-order valence-corrected chi connectivity index (χ2v) is 5.36. The molecule has 0 saturated heterocycles. The Labute approximate surface area is 144 Å². The summed E-state index contributed by atoms with van der Waals surface area (Å²) in [6.45, 7) is 0. The van der Waals surface area contributed by atoms with Crippen LogP contribution in [0.5, 0.6) is 0 Å². The average Bonchev–Trinajstić information content (AvgIpc) is 2.64. The first kappa shape index (κ1) is 15.9. The fourth-order valence-corrected chi connectivity index (χ4v) is 2.42. The van der Waals surface area contributed by atoms with Gasteiger partial charge in [0, 0.05) is 11.3 Å². The van der Waals surface area contributed by atoms with Crippen LogP contribution in [-0.4, -0.2) is 16.1 Å². The number of benzene rings is 2. The van der Waals surface area contributed by atoms with Crippen molar-refractivity contribution < 1.29 is 9.59 Å². The van der Waals surface area contributed by atoms with E-state index in [0.717, 1.165) is 0 Å². The molecule has 0 saturated carbocycles. The van der Waals surface area contributed by atoms with Gasteiger partial charge < -0.3 is 0 Å². The molecule has 0 N–H and O–H groups in total. The molecule has 0 radical (unpaired) electrons. The number of anilines is 2. The Morgan fingerprint density at radius 1 is 0.792 bits per heavy atom. The van der Waals surface area contributed by atoms with Gasteiger partial charge in [0.15, 0.2) is 0 Å². The molecule has 0 bridgehead atoms. The zero-order chi connectivity index (χ0) is 16.9. The van der Waals surface area contributed by atoms with E-state index in [0.29, 0.717) is 16.9 Å². The maximum absolute atomic E-state index is 13.0. The lowest BCUT2D eigenvalue weighted by Crippen LogP contribution is -2.26. The molecule has 1 heterocycles. The highest BCUT2D eigenvalue weighted by Crippen LogP contribution is 2.27. The molecule has 0 unspecified atom stereocenters. The van der Waals surface area contributed by atoms with Gasteiger partial charge in [0.1, 0.15) is 5.69 Å². The number of halogens is 1. The number of carbonyl (C=O) groups is 2. The normalized spacial score (nSPS) is 10.2. The summed E-state index contributed by atoms with van der Waals surface area (Å²) in [7, 11) is 0. The summed E-state index contributed by atoms with van der Waals surface area (Å²) in [5, 5.41) is -0.637. The molecule has 0 aliphatic heterocycles. The molecule has 3 aromatic rings. The predicted octanol–water partition coefficient (Wildman–Crippen LogP) is 4.44. The molecule has 4 nitrogen and oxygen atoms in total. The Morgan fingerprint density at radius 3 is 1.96 bits per heavy atom. The molecular formula is C19H13ClN2O2. The van der Waals surface area contributed by atoms with E-state index < -0.39 is 5.24 Å². The lowest BCUT2D eigenvalue weighted by Gasteiger charge is -2.23. The van der Waals surface area contributed by atoms with E-state index in [4.69, 9.17) is 11.6 Å². The van der Waals surface area contributed by atoms with Crippen molar-refractivity contribution in [3.8, 4) is 0 Å². The van der Waals surface area contributed by atoms with E-state index in [1.807, 2.05) is 48.5 Å². The van der Waals surface area contributed by atoms with Crippen molar-refractivity contribution in [3.63, 3.8) is 0 Å². The largest absolute Gasteiger partial charge is 0.275 e. The van der Waals surface area contributed by atoms with Crippen LogP contribution in [0.15, 0.2) is 79.0 Å². The first-order valence-corrected chi connectivity index (χ1v) is 7.65. The third kappa shape index (κ3) is 3.34. The average molecular weight is 337 g/mol. The van der Waals surface area contributed by atoms with E-state index in [-0.39, 0.29) is 11.6 Å². The maximum atomic E-state index is 13.0. The number of carbonyl (C=O) groups excluding carboxylic acids is 2. The summed E-state index contributed by atoms with van der Waals surface area (Å²) in [6, 6.07) is 21.4. The van der Waals surface area contributed by atoms with Gasteiger partial charge in [-0.05, 0) is 48.0 Å². The van der Waals surface area contributed by atoms with E-state index in [1.165, 1.54) is 12.3 Å². The van der Waals surface area contributed by atoms with Crippen LogP contribution in [-0.2, 0) is 0 Å². The lowest BCUT2D eigenvalue weighted by atomic mass is 10.1. The van der Waals surface area contributed by atoms with E-state index in [9.17, 15) is 9.59 Å². The predicted molar refractivity (Wildman–Crippen MR) is 93.8 cm³/mol. The van der Waals surface area contributed by atoms with Crippen LogP contribution in [0.1, 0.15) is 20.8 Å². The number of hydrogen-bond acceptors (Lipinski definition) is 3. The zero-order valence-electron chi connectivity index (χ0n) is 12.6. The second-order valence-electron chi connectivity index (χ2n) is 5.02. The van der Waals surface area contributed by atoms with Crippen molar-refractivity contribution in [2.45, 2.75) is 0 Å². The minimum absolute atomic E-state index is 0.139. The molecule has 5 heteroatoms. The Hall–Kier alpha value is -2.98. The third-order valence-electron chi connectivity index (χ3n) is 3.45. The van der Waals surface area contributed by atoms with Crippen molar-refractivity contribution in [1.82, 2.24) is 4.98 Å². The fraction of sp³-hybridized carbons (Fsp3) is 0. The molecule has 0 fully saturated rings. The minimum atomic E-state index is -0.637. The Bertz CT molecular complexity index is 850. The highest BCUT2D eigenvalue weighted by molar-refractivity contribution is 6.67. The Morgan fingerprint density at radius 2 is 1.42 bits per heavy atom. The molecular weight excluding hydrogens is 324 g/mol. The minimum Gasteiger partial charge on any atom is -0.275 e. The highest BCUT2D eigenvalue weighted by atomic mass is 35.5. The van der Waals surface area contributed by atoms with Crippen LogP contribution >= 0.6 is 11.6 Å². The molecule has 0 spiro atoms. The topological polar surface area (TPSA) is 50.3 Å². The summed E-state index contributed by atoms with van der Waals surface area (Å²) >= 11 is 5.43. The molecule has 1 aromatic heterocycles. The standard InChI is InChI=1S/C19H13ClN2O2/c20-18(23)17-12-11-16(13-21-17)22(15-9-5-2-6-10-15)19(24)14-7-3-1-4-8-14/h1-13H. The quantitative estimate of drug-likeness (QED) is 0.662. The van der Waals surface area contributed by atoms with Crippen molar-refractivity contribution in [2.24, 2.45) is 0 Å². The van der Waals surface area contributed by atoms with Crippen LogP contribution in [0.3, 0.4) is 0 Å². The summed E-state index contributed by atoms with van der Waals surface area (Å²) in [4.78, 5) is 29.7. The monoisotopic (exact) mass is 336 g/mol. The number of rotatable bonds is 4. The molecule has 24 heavy (non-hydrogen) atoms. The lowest BCUT2D eigenvalue weighted by molar-refractivity contribution is 0.0998. The second kappa shape index (κ2) is 7.06. The van der Waals surface area contributed by atoms with Gasteiger partial charge in [-0.2, -0.15) is 0 Å². The number of hydrogen-bond donors (Lipinski definition) is 0. The third-order valence-corrected chi connectivity index (χ3v) is 3.64. The van der Waals surface area contributed by atoms with E-state index in [2.05, 4.69) is 4.98 Å². The molecule has 3 rings (SSSR count). The van der Waals surface area contributed by atoms with Gasteiger partial charge in [0.2, 0.25) is 0 Å². The maximum Gasteiger partial charge on any atom is 0.270 e. The highest BCUT2D eigenvalue weighted by Gasteiger charge is 2.20. The first-order valence-electron chi connectivity index (χ1n) is 7.27. The number of nitrogens with zero attached hydrogens (tertiary/aromatic N) is 2. The van der Waals surface area contributed by atoms with Crippen molar-refractivity contribution in [3.05, 3.63) is 90.3 Å². The van der Waals surface area contributed by atoms with Crippen LogP contribution in [0.4, 0.5) is 11.4 Å². The summed E-state index contributed by atoms with van der Waals surface area (Å²) < 4.78 is 0. The molecule has 118 valence electrons. The van der Waals surface area contributed by atoms with Crippen molar-refractivity contribution >= 4 is 34.1 Å². The van der Waals surface area contributed by atoms with Gasteiger partial charge in [-0.15, -0.1) is 0 Å². The van der Waals surface area contributed by atoms with Gasteiger partial charge in [-0.25, -0.2) is 4.98 Å². The van der Waals surface area contributed by atoms with Gasteiger partial charge in [0.05, 0.1) is 11.9 Å². The Kier molecular flexibility index (Phi) is 4.68. The number of para-hydroxylation sites is 1. The van der Waals surface area contributed by atoms with E-state index in [1.54, 1.807) is 23.1 Å². The van der Waals surface area contributed by atoms with Gasteiger partial charge in [-0.3, -0.25) is 14.5 Å². The summed E-state index contributed by atoms with van der Waals surface area (Å²) in [5.74, 6) is -0.187.